The van der Waals surface area contributed by atoms with Crippen LogP contribution in [0.1, 0.15) is 39.5 Å². The van der Waals surface area contributed by atoms with Gasteiger partial charge in [0.25, 0.3) is 5.78 Å². The van der Waals surface area contributed by atoms with Gasteiger partial charge in [-0.3, -0.25) is 19.5 Å². The van der Waals surface area contributed by atoms with Crippen molar-refractivity contribution in [2.75, 3.05) is 24.7 Å². The maximum absolute atomic E-state index is 13.3. The lowest BCUT2D eigenvalue weighted by Crippen LogP contribution is -2.29. The van der Waals surface area contributed by atoms with Gasteiger partial charge in [0.1, 0.15) is 23.9 Å². The quantitative estimate of drug-likeness (QED) is 0.239. The number of hydrogen-bond acceptors (Lipinski definition) is 10. The van der Waals surface area contributed by atoms with Crippen LogP contribution >= 0.6 is 11.3 Å². The Morgan fingerprint density at radius 3 is 2.72 bits per heavy atom. The molecule has 1 amide bonds. The molecule has 1 saturated heterocycles. The Morgan fingerprint density at radius 2 is 2.00 bits per heavy atom. The third-order valence-electron chi connectivity index (χ3n) is 5.71. The minimum absolute atomic E-state index is 0.129. The van der Waals surface area contributed by atoms with E-state index in [9.17, 15) is 19.5 Å². The van der Waals surface area contributed by atoms with Crippen LogP contribution in [0.4, 0.5) is 5.13 Å². The molecule has 0 unspecified atom stereocenters. The van der Waals surface area contributed by atoms with Gasteiger partial charge < -0.3 is 19.3 Å². The number of aliphatic hydroxyl groups is 1. The molecule has 1 fully saturated rings. The van der Waals surface area contributed by atoms with Crippen molar-refractivity contribution < 1.29 is 33.7 Å². The van der Waals surface area contributed by atoms with Gasteiger partial charge in [0.15, 0.2) is 16.6 Å². The van der Waals surface area contributed by atoms with E-state index in [-0.39, 0.29) is 33.5 Å². The number of carbonyl (C=O) groups excluding carboxylic acids is 3. The largest absolute Gasteiger partial charge is 0.507 e. The molecule has 1 N–H and O–H groups in total. The number of Topliss-reactive ketones (excluding diaryl/α,β-unsaturated/α-hetero) is 1. The molecule has 3 aromatic rings. The molecule has 2 aromatic heterocycles. The minimum atomic E-state index is -1.02. The van der Waals surface area contributed by atoms with Crippen molar-refractivity contribution in [3.05, 3.63) is 70.0 Å². The monoisotopic (exact) mass is 507 g/mol. The molecule has 36 heavy (non-hydrogen) atoms. The van der Waals surface area contributed by atoms with Crippen molar-refractivity contribution >= 4 is 39.9 Å². The highest BCUT2D eigenvalue weighted by atomic mass is 32.1. The molecule has 0 radical (unpaired) electrons. The molecule has 1 atom stereocenters. The van der Waals surface area contributed by atoms with Gasteiger partial charge in [0, 0.05) is 18.0 Å². The van der Waals surface area contributed by atoms with Gasteiger partial charge in [-0.15, -0.1) is 0 Å². The number of thiazole rings is 1. The number of ether oxygens (including phenoxy) is 3. The van der Waals surface area contributed by atoms with E-state index in [0.717, 1.165) is 11.3 Å². The average Bonchev–Trinajstić information content (AvgIpc) is 3.40. The van der Waals surface area contributed by atoms with Crippen LogP contribution in [0.5, 0.6) is 11.5 Å². The fraction of sp³-hybridized carbons (Fsp3) is 0.240. The predicted molar refractivity (Wildman–Crippen MR) is 129 cm³/mol. The highest BCUT2D eigenvalue weighted by molar-refractivity contribution is 7.17. The van der Waals surface area contributed by atoms with E-state index in [1.807, 2.05) is 0 Å². The topological polar surface area (TPSA) is 128 Å². The number of rotatable bonds is 5. The van der Waals surface area contributed by atoms with Gasteiger partial charge in [0.2, 0.25) is 0 Å². The molecule has 10 nitrogen and oxygen atoms in total. The minimum Gasteiger partial charge on any atom is -0.507 e. The summed E-state index contributed by atoms with van der Waals surface area (Å²) >= 11 is 0.943. The lowest BCUT2D eigenvalue weighted by molar-refractivity contribution is -0.132. The van der Waals surface area contributed by atoms with Crippen LogP contribution in [-0.2, 0) is 14.3 Å². The summed E-state index contributed by atoms with van der Waals surface area (Å²) in [5.41, 5.74) is 1.01. The first-order valence-electron chi connectivity index (χ1n) is 11.2. The number of amides is 1. The molecule has 2 aliphatic heterocycles. The van der Waals surface area contributed by atoms with Crippen LogP contribution in [0.2, 0.25) is 0 Å². The Morgan fingerprint density at radius 1 is 1.22 bits per heavy atom. The SMILES string of the molecule is CCOC(=O)c1sc(N2C(=O)C(=O)C(=C(O)c3ccc4c(c3)OCCO4)[C@H]2c2cccnc2)nc1C. The maximum atomic E-state index is 13.3. The molecule has 5 rings (SSSR count). The van der Waals surface area contributed by atoms with Crippen LogP contribution in [0, 0.1) is 6.92 Å². The summed E-state index contributed by atoms with van der Waals surface area (Å²) < 4.78 is 16.2. The van der Waals surface area contributed by atoms with E-state index in [1.54, 1.807) is 50.4 Å². The third kappa shape index (κ3) is 3.97. The number of aryl methyl sites for hydroxylation is 1. The number of esters is 1. The van der Waals surface area contributed by atoms with Crippen LogP contribution in [0.15, 0.2) is 48.3 Å². The molecule has 2 aliphatic rings. The van der Waals surface area contributed by atoms with E-state index >= 15 is 0 Å². The number of hydrogen-bond donors (Lipinski definition) is 1. The summed E-state index contributed by atoms with van der Waals surface area (Å²) in [5.74, 6) is -1.77. The zero-order valence-corrected chi connectivity index (χ0v) is 20.2. The summed E-state index contributed by atoms with van der Waals surface area (Å²) in [4.78, 5) is 48.9. The van der Waals surface area contributed by atoms with Crippen molar-refractivity contribution in [3.8, 4) is 11.5 Å². The van der Waals surface area contributed by atoms with Crippen molar-refractivity contribution in [1.82, 2.24) is 9.97 Å². The summed E-state index contributed by atoms with van der Waals surface area (Å²) in [5, 5.41) is 11.4. The van der Waals surface area contributed by atoms with Gasteiger partial charge in [-0.1, -0.05) is 17.4 Å². The van der Waals surface area contributed by atoms with E-state index in [2.05, 4.69) is 9.97 Å². The molecule has 184 valence electrons. The maximum Gasteiger partial charge on any atom is 0.350 e. The lowest BCUT2D eigenvalue weighted by atomic mass is 9.96. The average molecular weight is 508 g/mol. The number of ketones is 1. The molecule has 0 aliphatic carbocycles. The summed E-state index contributed by atoms with van der Waals surface area (Å²) in [7, 11) is 0. The first-order chi connectivity index (χ1) is 17.4. The Hall–Kier alpha value is -4.25. The predicted octanol–water partition coefficient (Wildman–Crippen LogP) is 3.42. The summed E-state index contributed by atoms with van der Waals surface area (Å²) in [6.07, 6.45) is 3.07. The fourth-order valence-corrected chi connectivity index (χ4v) is 5.09. The number of fused-ring (bicyclic) bond motifs is 1. The molecule has 0 bridgehead atoms. The molecule has 11 heteroatoms. The van der Waals surface area contributed by atoms with Crippen LogP contribution < -0.4 is 14.4 Å². The molecule has 4 heterocycles. The normalized spacial score (nSPS) is 18.4. The second-order valence-electron chi connectivity index (χ2n) is 7.95. The second kappa shape index (κ2) is 9.42. The first-order valence-corrected chi connectivity index (χ1v) is 12.0. The van der Waals surface area contributed by atoms with E-state index in [0.29, 0.717) is 36.0 Å². The zero-order chi connectivity index (χ0) is 25.4. The number of nitrogens with zero attached hydrogens (tertiary/aromatic N) is 3. The van der Waals surface area contributed by atoms with Gasteiger partial charge >= 0.3 is 11.9 Å². The number of aliphatic hydroxyl groups excluding tert-OH is 1. The number of aromatic nitrogens is 2. The molecular formula is C25H21N3O7S. The molecular weight excluding hydrogens is 486 g/mol. The van der Waals surface area contributed by atoms with E-state index < -0.39 is 23.7 Å². The number of benzene rings is 1. The van der Waals surface area contributed by atoms with Gasteiger partial charge in [0.05, 0.1) is 23.9 Å². The van der Waals surface area contributed by atoms with Crippen molar-refractivity contribution in [1.29, 1.82) is 0 Å². The Balaban J connectivity index is 1.65. The zero-order valence-electron chi connectivity index (χ0n) is 19.4. The van der Waals surface area contributed by atoms with E-state index in [1.165, 1.54) is 11.1 Å². The van der Waals surface area contributed by atoms with Crippen molar-refractivity contribution in [3.63, 3.8) is 0 Å². The van der Waals surface area contributed by atoms with Gasteiger partial charge in [-0.05, 0) is 43.7 Å². The Labute approximate surface area is 209 Å². The number of anilines is 1. The molecule has 1 aromatic carbocycles. The highest BCUT2D eigenvalue weighted by Crippen LogP contribution is 2.44. The molecule has 0 spiro atoms. The van der Waals surface area contributed by atoms with Crippen LogP contribution in [0.3, 0.4) is 0 Å². The van der Waals surface area contributed by atoms with Crippen LogP contribution in [0.25, 0.3) is 5.76 Å². The van der Waals surface area contributed by atoms with Gasteiger partial charge in [-0.2, -0.15) is 0 Å². The van der Waals surface area contributed by atoms with Crippen LogP contribution in [-0.4, -0.2) is 52.6 Å². The lowest BCUT2D eigenvalue weighted by Gasteiger charge is -2.23. The fourth-order valence-electron chi connectivity index (χ4n) is 4.10. The van der Waals surface area contributed by atoms with E-state index in [4.69, 9.17) is 14.2 Å². The van der Waals surface area contributed by atoms with Crippen molar-refractivity contribution in [2.24, 2.45) is 0 Å². The molecule has 0 saturated carbocycles. The number of carbonyl (C=O) groups is 3. The Bertz CT molecular complexity index is 1400. The highest BCUT2D eigenvalue weighted by Gasteiger charge is 2.48. The summed E-state index contributed by atoms with van der Waals surface area (Å²) in [6, 6.07) is 7.12. The van der Waals surface area contributed by atoms with Gasteiger partial charge in [-0.25, -0.2) is 9.78 Å². The third-order valence-corrected chi connectivity index (χ3v) is 6.85. The first kappa shape index (κ1) is 23.5. The number of pyridine rings is 1. The second-order valence-corrected chi connectivity index (χ2v) is 8.92. The standard InChI is InChI=1S/C25H21N3O7S/c1-3-33-24(32)22-13(2)27-25(36-22)28-19(15-5-4-8-26-12-15)18(21(30)23(28)31)20(29)14-6-7-16-17(11-14)35-10-9-34-16/h4-8,11-12,19,29H,3,9-10H2,1-2H3/t19-/m1/s1. The van der Waals surface area contributed by atoms with Crippen molar-refractivity contribution in [2.45, 2.75) is 19.9 Å². The Kier molecular flexibility index (Phi) is 6.15. The smallest absolute Gasteiger partial charge is 0.350 e. The summed E-state index contributed by atoms with van der Waals surface area (Å²) in [6.45, 7) is 4.25.